The van der Waals surface area contributed by atoms with Gasteiger partial charge >= 0.3 is 0 Å². The van der Waals surface area contributed by atoms with E-state index in [1.807, 2.05) is 42.5 Å². The number of hydroxylamine groups is 1. The predicted octanol–water partition coefficient (Wildman–Crippen LogP) is 1.43. The van der Waals surface area contributed by atoms with Gasteiger partial charge in [-0.15, -0.1) is 0 Å². The van der Waals surface area contributed by atoms with Crippen LogP contribution in [-0.4, -0.2) is 16.9 Å². The number of aromatic nitrogens is 1. The van der Waals surface area contributed by atoms with E-state index in [9.17, 15) is 4.79 Å². The van der Waals surface area contributed by atoms with Crippen molar-refractivity contribution < 1.29 is 9.63 Å². The van der Waals surface area contributed by atoms with Crippen molar-refractivity contribution in [2.75, 3.05) is 5.06 Å². The van der Waals surface area contributed by atoms with Crippen molar-refractivity contribution in [2.45, 2.75) is 19.1 Å². The molecular weight excluding hydrogens is 254 g/mol. The second-order valence-corrected chi connectivity index (χ2v) is 4.67. The van der Waals surface area contributed by atoms with Crippen molar-refractivity contribution in [1.82, 2.24) is 4.98 Å². The molecule has 0 spiro atoms. The molecule has 1 aliphatic heterocycles. The van der Waals surface area contributed by atoms with Crippen LogP contribution >= 0.6 is 0 Å². The van der Waals surface area contributed by atoms with E-state index in [2.05, 4.69) is 4.98 Å². The van der Waals surface area contributed by atoms with E-state index < -0.39 is 6.04 Å². The van der Waals surface area contributed by atoms with Crippen LogP contribution in [0.15, 0.2) is 48.7 Å². The Morgan fingerprint density at radius 2 is 2.05 bits per heavy atom. The molecule has 102 valence electrons. The summed E-state index contributed by atoms with van der Waals surface area (Å²) in [4.78, 5) is 22.0. The number of hydrogen-bond acceptors (Lipinski definition) is 4. The van der Waals surface area contributed by atoms with Gasteiger partial charge in [-0.2, -0.15) is 5.06 Å². The van der Waals surface area contributed by atoms with Gasteiger partial charge in [0.15, 0.2) is 0 Å². The Labute approximate surface area is 116 Å². The number of carbonyl (C=O) groups excluding carboxylic acids is 1. The number of nitrogens with two attached hydrogens (primary N) is 1. The van der Waals surface area contributed by atoms with Crippen LogP contribution < -0.4 is 10.8 Å². The van der Waals surface area contributed by atoms with Crippen molar-refractivity contribution in [3.05, 3.63) is 59.9 Å². The number of hydrogen-bond donors (Lipinski definition) is 1. The second-order valence-electron chi connectivity index (χ2n) is 4.67. The van der Waals surface area contributed by atoms with E-state index in [4.69, 9.17) is 10.6 Å². The van der Waals surface area contributed by atoms with Crippen LogP contribution in [0.25, 0.3) is 0 Å². The molecule has 2 heterocycles. The van der Waals surface area contributed by atoms with E-state index in [0.717, 1.165) is 16.9 Å². The number of nitrogens with zero attached hydrogens (tertiary/aromatic N) is 2. The summed E-state index contributed by atoms with van der Waals surface area (Å²) in [6.45, 7) is 0.230. The van der Waals surface area contributed by atoms with Gasteiger partial charge in [-0.05, 0) is 30.2 Å². The SMILES string of the molecule is N[C@H]1Cc2ccccc2N(OCc2ccccn2)C1=O. The molecule has 0 saturated heterocycles. The monoisotopic (exact) mass is 269 g/mol. The lowest BCUT2D eigenvalue weighted by atomic mass is 9.99. The first-order chi connectivity index (χ1) is 9.75. The third-order valence-corrected chi connectivity index (χ3v) is 3.24. The third kappa shape index (κ3) is 2.41. The van der Waals surface area contributed by atoms with Crippen molar-refractivity contribution in [3.63, 3.8) is 0 Å². The largest absolute Gasteiger partial charge is 0.320 e. The van der Waals surface area contributed by atoms with Crippen molar-refractivity contribution in [1.29, 1.82) is 0 Å². The summed E-state index contributed by atoms with van der Waals surface area (Å²) in [5.41, 5.74) is 8.40. The number of amides is 1. The second kappa shape index (κ2) is 5.40. The van der Waals surface area contributed by atoms with Crippen LogP contribution in [0.4, 0.5) is 5.69 Å². The van der Waals surface area contributed by atoms with Gasteiger partial charge in [-0.1, -0.05) is 24.3 Å². The van der Waals surface area contributed by atoms with E-state index in [0.29, 0.717) is 6.42 Å². The normalized spacial score (nSPS) is 17.9. The number of para-hydroxylation sites is 1. The molecule has 0 radical (unpaired) electrons. The minimum Gasteiger partial charge on any atom is -0.320 e. The molecule has 0 fully saturated rings. The van der Waals surface area contributed by atoms with Crippen LogP contribution in [0.2, 0.25) is 0 Å². The minimum atomic E-state index is -0.561. The number of pyridine rings is 1. The molecule has 1 amide bonds. The molecule has 2 N–H and O–H groups in total. The Kier molecular flexibility index (Phi) is 3.45. The summed E-state index contributed by atoms with van der Waals surface area (Å²) >= 11 is 0. The first-order valence-electron chi connectivity index (χ1n) is 6.46. The van der Waals surface area contributed by atoms with E-state index in [-0.39, 0.29) is 12.5 Å². The number of rotatable bonds is 3. The minimum absolute atomic E-state index is 0.223. The summed E-state index contributed by atoms with van der Waals surface area (Å²) in [6.07, 6.45) is 2.23. The van der Waals surface area contributed by atoms with Gasteiger partial charge in [0, 0.05) is 6.20 Å². The molecule has 5 nitrogen and oxygen atoms in total. The first-order valence-corrected chi connectivity index (χ1v) is 6.46. The van der Waals surface area contributed by atoms with Crippen LogP contribution in [0.3, 0.4) is 0 Å². The smallest absolute Gasteiger partial charge is 0.268 e. The quantitative estimate of drug-likeness (QED) is 0.915. The topological polar surface area (TPSA) is 68.4 Å². The van der Waals surface area contributed by atoms with E-state index in [1.165, 1.54) is 5.06 Å². The van der Waals surface area contributed by atoms with Gasteiger partial charge in [0.2, 0.25) is 0 Å². The molecule has 2 aromatic rings. The van der Waals surface area contributed by atoms with Crippen LogP contribution in [-0.2, 0) is 22.7 Å². The molecule has 0 unspecified atom stereocenters. The van der Waals surface area contributed by atoms with Gasteiger partial charge in [0.05, 0.1) is 17.4 Å². The Morgan fingerprint density at radius 3 is 2.85 bits per heavy atom. The molecule has 0 bridgehead atoms. The van der Waals surface area contributed by atoms with Crippen LogP contribution in [0.1, 0.15) is 11.3 Å². The highest BCUT2D eigenvalue weighted by molar-refractivity contribution is 5.98. The maximum Gasteiger partial charge on any atom is 0.268 e. The van der Waals surface area contributed by atoms with Crippen LogP contribution in [0, 0.1) is 0 Å². The maximum absolute atomic E-state index is 12.2. The highest BCUT2D eigenvalue weighted by Gasteiger charge is 2.31. The molecule has 1 aromatic carbocycles. The van der Waals surface area contributed by atoms with Crippen LogP contribution in [0.5, 0.6) is 0 Å². The number of carbonyl (C=O) groups is 1. The average Bonchev–Trinajstić information content (AvgIpc) is 2.49. The van der Waals surface area contributed by atoms with Gasteiger partial charge in [0.1, 0.15) is 6.61 Å². The molecule has 1 aliphatic rings. The average molecular weight is 269 g/mol. The van der Waals surface area contributed by atoms with E-state index in [1.54, 1.807) is 6.20 Å². The maximum atomic E-state index is 12.2. The number of anilines is 1. The molecule has 5 heteroatoms. The Balaban J connectivity index is 1.82. The molecule has 1 atom stereocenters. The number of fused-ring (bicyclic) bond motifs is 1. The van der Waals surface area contributed by atoms with Crippen molar-refractivity contribution in [2.24, 2.45) is 5.73 Å². The predicted molar refractivity (Wildman–Crippen MR) is 74.6 cm³/mol. The fourth-order valence-electron chi connectivity index (χ4n) is 2.22. The van der Waals surface area contributed by atoms with Gasteiger partial charge in [-0.3, -0.25) is 14.6 Å². The van der Waals surface area contributed by atoms with Gasteiger partial charge in [-0.25, -0.2) is 0 Å². The molecule has 0 saturated carbocycles. The lowest BCUT2D eigenvalue weighted by Gasteiger charge is -2.31. The standard InChI is InChI=1S/C15H15N3O2/c16-13-9-11-5-1-2-7-14(11)18(15(13)19)20-10-12-6-3-4-8-17-12/h1-8,13H,9-10,16H2/t13-/m0/s1. The highest BCUT2D eigenvalue weighted by atomic mass is 16.7. The zero-order valence-corrected chi connectivity index (χ0v) is 10.9. The Morgan fingerprint density at radius 1 is 1.25 bits per heavy atom. The zero-order chi connectivity index (χ0) is 13.9. The zero-order valence-electron chi connectivity index (χ0n) is 10.9. The highest BCUT2D eigenvalue weighted by Crippen LogP contribution is 2.27. The summed E-state index contributed by atoms with van der Waals surface area (Å²) < 4.78 is 0. The third-order valence-electron chi connectivity index (χ3n) is 3.24. The van der Waals surface area contributed by atoms with Gasteiger partial charge in [0.25, 0.3) is 5.91 Å². The first kappa shape index (κ1) is 12.8. The molecule has 1 aromatic heterocycles. The summed E-state index contributed by atoms with van der Waals surface area (Å²) in [6, 6.07) is 12.6. The lowest BCUT2D eigenvalue weighted by Crippen LogP contribution is -2.48. The van der Waals surface area contributed by atoms with Crippen molar-refractivity contribution >= 4 is 11.6 Å². The summed E-state index contributed by atoms with van der Waals surface area (Å²) in [5, 5.41) is 1.29. The summed E-state index contributed by atoms with van der Waals surface area (Å²) in [7, 11) is 0. The fraction of sp³-hybridized carbons (Fsp3) is 0.200. The Hall–Kier alpha value is -2.24. The van der Waals surface area contributed by atoms with E-state index >= 15 is 0 Å². The van der Waals surface area contributed by atoms with Crippen molar-refractivity contribution in [3.8, 4) is 0 Å². The fourth-order valence-corrected chi connectivity index (χ4v) is 2.22. The molecule has 0 aliphatic carbocycles. The molecular formula is C15H15N3O2. The molecule has 20 heavy (non-hydrogen) atoms. The number of benzene rings is 1. The lowest BCUT2D eigenvalue weighted by molar-refractivity contribution is -0.128. The Bertz CT molecular complexity index is 616. The van der Waals surface area contributed by atoms with Gasteiger partial charge < -0.3 is 5.73 Å². The summed E-state index contributed by atoms with van der Waals surface area (Å²) in [5.74, 6) is -0.223. The molecule has 3 rings (SSSR count).